The van der Waals surface area contributed by atoms with E-state index >= 15 is 0 Å². The molecule has 1 aliphatic carbocycles. The minimum atomic E-state index is -4.56. The number of furan rings is 1. The van der Waals surface area contributed by atoms with Crippen molar-refractivity contribution in [1.82, 2.24) is 10.3 Å². The van der Waals surface area contributed by atoms with Crippen molar-refractivity contribution in [3.05, 3.63) is 65.0 Å². The van der Waals surface area contributed by atoms with Crippen LogP contribution in [0.15, 0.2) is 52.9 Å². The lowest BCUT2D eigenvalue weighted by atomic mass is 9.90. The number of aromatic nitrogens is 1. The minimum absolute atomic E-state index is 0.0562. The summed E-state index contributed by atoms with van der Waals surface area (Å²) >= 11 is 6.09. The van der Waals surface area contributed by atoms with Crippen molar-refractivity contribution in [2.75, 3.05) is 12.4 Å². The molecule has 1 fully saturated rings. The fourth-order valence-corrected chi connectivity index (χ4v) is 4.80. The van der Waals surface area contributed by atoms with E-state index in [0.717, 1.165) is 11.5 Å². The first-order valence-electron chi connectivity index (χ1n) is 11.5. The molecule has 2 heterocycles. The van der Waals surface area contributed by atoms with Crippen LogP contribution in [0, 0.1) is 0 Å². The van der Waals surface area contributed by atoms with E-state index in [0.29, 0.717) is 53.1 Å². The summed E-state index contributed by atoms with van der Waals surface area (Å²) < 4.78 is 51.2. The van der Waals surface area contributed by atoms with Crippen molar-refractivity contribution in [3.63, 3.8) is 0 Å². The molecule has 2 N–H and O–H groups in total. The highest BCUT2D eigenvalue weighted by Crippen LogP contribution is 2.35. The van der Waals surface area contributed by atoms with E-state index in [2.05, 4.69) is 15.6 Å². The molecule has 36 heavy (non-hydrogen) atoms. The number of hydrogen-bond donors (Lipinski definition) is 2. The van der Waals surface area contributed by atoms with E-state index in [1.165, 1.54) is 19.2 Å². The maximum atomic E-state index is 13.4. The van der Waals surface area contributed by atoms with Gasteiger partial charge in [0.05, 0.1) is 12.6 Å². The molecular formula is C26H23ClF3N3O3. The number of anilines is 1. The number of para-hydroxylation sites is 1. The first-order chi connectivity index (χ1) is 17.2. The van der Waals surface area contributed by atoms with Gasteiger partial charge in [-0.15, -0.1) is 0 Å². The quantitative estimate of drug-likeness (QED) is 0.304. The predicted octanol–water partition coefficient (Wildman–Crippen LogP) is 6.81. The molecule has 4 aromatic rings. The summed E-state index contributed by atoms with van der Waals surface area (Å²) in [6.07, 6.45) is -1.88. The standard InChI is InChI=1S/C26H23ClF3N3O3/c1-35-21-4-2-3-14-11-22(36-24(14)21)25(34)32-17-8-6-16(7-9-17)31-20-13-23(26(28,29)30)33-19-10-5-15(27)12-18(19)20/h2-5,10-13,16-17H,6-9H2,1H3,(H,31,33)(H,32,34). The highest BCUT2D eigenvalue weighted by atomic mass is 35.5. The van der Waals surface area contributed by atoms with Crippen molar-refractivity contribution in [2.24, 2.45) is 0 Å². The van der Waals surface area contributed by atoms with E-state index in [9.17, 15) is 18.0 Å². The predicted molar refractivity (Wildman–Crippen MR) is 132 cm³/mol. The number of fused-ring (bicyclic) bond motifs is 2. The molecule has 188 valence electrons. The largest absolute Gasteiger partial charge is 0.493 e. The second kappa shape index (κ2) is 9.54. The van der Waals surface area contributed by atoms with Gasteiger partial charge in [-0.25, -0.2) is 4.98 Å². The van der Waals surface area contributed by atoms with Crippen molar-refractivity contribution < 1.29 is 27.1 Å². The van der Waals surface area contributed by atoms with Crippen molar-refractivity contribution in [1.29, 1.82) is 0 Å². The fourth-order valence-electron chi connectivity index (χ4n) is 4.63. The third-order valence-electron chi connectivity index (χ3n) is 6.43. The first-order valence-corrected chi connectivity index (χ1v) is 11.9. The summed E-state index contributed by atoms with van der Waals surface area (Å²) in [7, 11) is 1.54. The first kappa shape index (κ1) is 24.2. The Morgan fingerprint density at radius 1 is 1.08 bits per heavy atom. The molecule has 6 nitrogen and oxygen atoms in total. The molecule has 2 aromatic heterocycles. The number of methoxy groups -OCH3 is 1. The molecule has 0 aliphatic heterocycles. The zero-order valence-corrected chi connectivity index (χ0v) is 20.0. The van der Waals surface area contributed by atoms with Crippen LogP contribution in [0.3, 0.4) is 0 Å². The summed E-state index contributed by atoms with van der Waals surface area (Å²) in [6, 6.07) is 12.6. The Bertz CT molecular complexity index is 1430. The van der Waals surface area contributed by atoms with Gasteiger partial charge in [-0.3, -0.25) is 4.79 Å². The Kier molecular flexibility index (Phi) is 6.42. The van der Waals surface area contributed by atoms with Crippen LogP contribution in [0.2, 0.25) is 5.02 Å². The van der Waals surface area contributed by atoms with Crippen LogP contribution in [-0.2, 0) is 6.18 Å². The molecule has 0 saturated heterocycles. The average Bonchev–Trinajstić information content (AvgIpc) is 3.29. The zero-order chi connectivity index (χ0) is 25.4. The Morgan fingerprint density at radius 3 is 2.56 bits per heavy atom. The topological polar surface area (TPSA) is 76.4 Å². The van der Waals surface area contributed by atoms with Gasteiger partial charge in [0.25, 0.3) is 5.91 Å². The fraction of sp³-hybridized carbons (Fsp3) is 0.308. The van der Waals surface area contributed by atoms with E-state index in [4.69, 9.17) is 20.8 Å². The van der Waals surface area contributed by atoms with E-state index in [-0.39, 0.29) is 29.3 Å². The van der Waals surface area contributed by atoms with Crippen LogP contribution in [0.5, 0.6) is 5.75 Å². The molecule has 1 aliphatic rings. The summed E-state index contributed by atoms with van der Waals surface area (Å²) in [5.41, 5.74) is 0.128. The van der Waals surface area contributed by atoms with Crippen LogP contribution in [0.25, 0.3) is 21.9 Å². The molecule has 10 heteroatoms. The van der Waals surface area contributed by atoms with E-state index in [1.54, 1.807) is 18.2 Å². The number of carbonyl (C=O) groups is 1. The molecule has 0 bridgehead atoms. The van der Waals surface area contributed by atoms with Gasteiger partial charge in [0.15, 0.2) is 17.1 Å². The smallest absolute Gasteiger partial charge is 0.433 e. The van der Waals surface area contributed by atoms with Crippen LogP contribution < -0.4 is 15.4 Å². The van der Waals surface area contributed by atoms with Crippen LogP contribution in [0.1, 0.15) is 41.9 Å². The van der Waals surface area contributed by atoms with Gasteiger partial charge in [-0.2, -0.15) is 13.2 Å². The number of halogens is 4. The van der Waals surface area contributed by atoms with Crippen molar-refractivity contribution >= 4 is 45.1 Å². The van der Waals surface area contributed by atoms with Gasteiger partial charge in [-0.1, -0.05) is 23.7 Å². The lowest BCUT2D eigenvalue weighted by Gasteiger charge is -2.30. The van der Waals surface area contributed by atoms with Crippen molar-refractivity contribution in [2.45, 2.75) is 43.9 Å². The van der Waals surface area contributed by atoms with Gasteiger partial charge >= 0.3 is 6.18 Å². The van der Waals surface area contributed by atoms with Gasteiger partial charge in [-0.05, 0) is 62.1 Å². The molecule has 1 saturated carbocycles. The van der Waals surface area contributed by atoms with Gasteiger partial charge in [0.2, 0.25) is 0 Å². The highest BCUT2D eigenvalue weighted by molar-refractivity contribution is 6.31. The molecule has 0 unspecified atom stereocenters. The van der Waals surface area contributed by atoms with Gasteiger partial charge in [0.1, 0.15) is 5.69 Å². The second-order valence-corrected chi connectivity index (χ2v) is 9.31. The maximum absolute atomic E-state index is 13.4. The Morgan fingerprint density at radius 2 is 1.83 bits per heavy atom. The average molecular weight is 518 g/mol. The van der Waals surface area contributed by atoms with E-state index < -0.39 is 11.9 Å². The SMILES string of the molecule is COc1cccc2cc(C(=O)NC3CCC(Nc4cc(C(F)(F)F)nc5ccc(Cl)cc45)CC3)oc12. The second-order valence-electron chi connectivity index (χ2n) is 8.87. The number of rotatable bonds is 5. The number of ether oxygens (including phenoxy) is 1. The monoisotopic (exact) mass is 517 g/mol. The molecular weight excluding hydrogens is 495 g/mol. The minimum Gasteiger partial charge on any atom is -0.493 e. The van der Waals surface area contributed by atoms with Gasteiger partial charge in [0, 0.05) is 33.6 Å². The van der Waals surface area contributed by atoms with E-state index in [1.807, 2.05) is 12.1 Å². The summed E-state index contributed by atoms with van der Waals surface area (Å²) in [5, 5.41) is 7.99. The number of nitrogens with one attached hydrogen (secondary N) is 2. The Balaban J connectivity index is 1.26. The number of nitrogens with zero attached hydrogens (tertiary/aromatic N) is 1. The van der Waals surface area contributed by atoms with Crippen LogP contribution >= 0.6 is 11.6 Å². The Labute approximate surface area is 209 Å². The highest BCUT2D eigenvalue weighted by Gasteiger charge is 2.34. The molecule has 2 aromatic carbocycles. The number of carbonyl (C=O) groups excluding carboxylic acids is 1. The Hall–Kier alpha value is -3.46. The zero-order valence-electron chi connectivity index (χ0n) is 19.3. The number of benzene rings is 2. The van der Waals surface area contributed by atoms with Crippen molar-refractivity contribution in [3.8, 4) is 5.75 Å². The summed E-state index contributed by atoms with van der Waals surface area (Å²) in [6.45, 7) is 0. The lowest BCUT2D eigenvalue weighted by molar-refractivity contribution is -0.140. The number of pyridine rings is 1. The third kappa shape index (κ3) is 4.93. The normalized spacial score (nSPS) is 18.4. The maximum Gasteiger partial charge on any atom is 0.433 e. The number of amides is 1. The number of hydrogen-bond acceptors (Lipinski definition) is 5. The van der Waals surface area contributed by atoms with Crippen LogP contribution in [-0.4, -0.2) is 30.1 Å². The lowest BCUT2D eigenvalue weighted by Crippen LogP contribution is -2.40. The molecule has 1 amide bonds. The summed E-state index contributed by atoms with van der Waals surface area (Å²) in [5.74, 6) is 0.445. The third-order valence-corrected chi connectivity index (χ3v) is 6.67. The number of alkyl halides is 3. The summed E-state index contributed by atoms with van der Waals surface area (Å²) in [4.78, 5) is 16.5. The molecule has 0 spiro atoms. The molecule has 5 rings (SSSR count). The molecule has 0 radical (unpaired) electrons. The van der Waals surface area contributed by atoms with Crippen LogP contribution in [0.4, 0.5) is 18.9 Å². The molecule has 0 atom stereocenters. The van der Waals surface area contributed by atoms with Gasteiger partial charge < -0.3 is 19.8 Å².